The predicted octanol–water partition coefficient (Wildman–Crippen LogP) is 6.84. The van der Waals surface area contributed by atoms with Crippen molar-refractivity contribution in [1.82, 2.24) is 4.90 Å². The van der Waals surface area contributed by atoms with E-state index < -0.39 is 5.97 Å². The molecule has 0 bridgehead atoms. The van der Waals surface area contributed by atoms with E-state index in [9.17, 15) is 15.0 Å². The summed E-state index contributed by atoms with van der Waals surface area (Å²) in [5, 5.41) is 19.4. The number of aryl methyl sites for hydroxylation is 1. The van der Waals surface area contributed by atoms with Crippen molar-refractivity contribution in [2.75, 3.05) is 37.6 Å². The molecule has 3 aliphatic rings. The molecule has 0 unspecified atom stereocenters. The number of phenols is 1. The minimum absolute atomic E-state index is 0.166. The molecule has 2 aliphatic heterocycles. The summed E-state index contributed by atoms with van der Waals surface area (Å²) in [6.07, 6.45) is 8.75. The van der Waals surface area contributed by atoms with E-state index in [0.29, 0.717) is 11.2 Å². The molecule has 0 saturated carbocycles. The molecule has 3 aromatic carbocycles. The van der Waals surface area contributed by atoms with Crippen molar-refractivity contribution in [2.24, 2.45) is 5.41 Å². The number of hydrogen-bond acceptors (Lipinski definition) is 4. The Morgan fingerprint density at radius 1 is 0.800 bits per heavy atom. The van der Waals surface area contributed by atoms with E-state index in [2.05, 4.69) is 70.5 Å². The Balaban J connectivity index is 1.25. The van der Waals surface area contributed by atoms with Gasteiger partial charge in [-0.1, -0.05) is 48.5 Å². The lowest BCUT2D eigenvalue weighted by Crippen LogP contribution is -2.36. The SMILES string of the molecule is O=C(O)CN1CCCC2(CCC1)CCN(c1ccc(C3=C(c4ccccc4)CCCc4cc(O)ccc43)cc1)C2. The summed E-state index contributed by atoms with van der Waals surface area (Å²) in [7, 11) is 0. The predicted molar refractivity (Wildman–Crippen MR) is 162 cm³/mol. The Hall–Kier alpha value is -3.57. The highest BCUT2D eigenvalue weighted by atomic mass is 16.4. The molecule has 2 saturated heterocycles. The molecule has 0 amide bonds. The van der Waals surface area contributed by atoms with Crippen LogP contribution in [0.5, 0.6) is 5.75 Å². The second-order valence-electron chi connectivity index (χ2n) is 12.0. The first kappa shape index (κ1) is 26.6. The first-order valence-electron chi connectivity index (χ1n) is 14.9. The maximum atomic E-state index is 11.2. The number of aliphatic carboxylic acids is 1. The Bertz CT molecular complexity index is 1370. The lowest BCUT2D eigenvalue weighted by molar-refractivity contribution is -0.138. The normalized spacial score (nSPS) is 19.6. The first-order valence-corrected chi connectivity index (χ1v) is 14.9. The Labute approximate surface area is 237 Å². The zero-order chi connectivity index (χ0) is 27.5. The van der Waals surface area contributed by atoms with E-state index in [1.165, 1.54) is 58.3 Å². The lowest BCUT2D eigenvalue weighted by atomic mass is 9.77. The van der Waals surface area contributed by atoms with Crippen molar-refractivity contribution in [1.29, 1.82) is 0 Å². The summed E-state index contributed by atoms with van der Waals surface area (Å²) in [6, 6.07) is 25.8. The molecule has 40 heavy (non-hydrogen) atoms. The van der Waals surface area contributed by atoms with Crippen molar-refractivity contribution < 1.29 is 15.0 Å². The molecule has 2 fully saturated rings. The van der Waals surface area contributed by atoms with Gasteiger partial charge < -0.3 is 15.1 Å². The minimum atomic E-state index is -0.720. The average Bonchev–Trinajstić information content (AvgIpc) is 3.27. The Morgan fingerprint density at radius 3 is 2.27 bits per heavy atom. The third kappa shape index (κ3) is 5.66. The highest BCUT2D eigenvalue weighted by Gasteiger charge is 2.38. The molecule has 5 heteroatoms. The van der Waals surface area contributed by atoms with Crippen molar-refractivity contribution in [3.63, 3.8) is 0 Å². The van der Waals surface area contributed by atoms with Gasteiger partial charge in [-0.25, -0.2) is 0 Å². The van der Waals surface area contributed by atoms with Crippen LogP contribution in [0.25, 0.3) is 11.1 Å². The molecule has 0 aromatic heterocycles. The minimum Gasteiger partial charge on any atom is -0.508 e. The number of carbonyl (C=O) groups is 1. The van der Waals surface area contributed by atoms with Gasteiger partial charge in [0.05, 0.1) is 6.54 Å². The number of anilines is 1. The molecule has 208 valence electrons. The largest absolute Gasteiger partial charge is 0.508 e. The van der Waals surface area contributed by atoms with Gasteiger partial charge in [0, 0.05) is 18.8 Å². The highest BCUT2D eigenvalue weighted by Crippen LogP contribution is 2.44. The van der Waals surface area contributed by atoms with E-state index >= 15 is 0 Å². The van der Waals surface area contributed by atoms with Gasteiger partial charge in [-0.05, 0) is 128 Å². The summed E-state index contributed by atoms with van der Waals surface area (Å²) >= 11 is 0. The maximum absolute atomic E-state index is 11.2. The van der Waals surface area contributed by atoms with Crippen LogP contribution in [0.4, 0.5) is 5.69 Å². The van der Waals surface area contributed by atoms with Crippen molar-refractivity contribution in [3.05, 3.63) is 95.1 Å². The second kappa shape index (κ2) is 11.5. The van der Waals surface area contributed by atoms with Gasteiger partial charge >= 0.3 is 5.97 Å². The van der Waals surface area contributed by atoms with Gasteiger partial charge in [-0.15, -0.1) is 0 Å². The summed E-state index contributed by atoms with van der Waals surface area (Å²) in [4.78, 5) is 15.8. The van der Waals surface area contributed by atoms with Gasteiger partial charge in [0.15, 0.2) is 0 Å². The molecule has 0 atom stereocenters. The Morgan fingerprint density at radius 2 is 1.55 bits per heavy atom. The van der Waals surface area contributed by atoms with Gasteiger partial charge in [0.25, 0.3) is 0 Å². The molecular weight excluding hydrogens is 496 g/mol. The molecule has 1 aliphatic carbocycles. The summed E-state index contributed by atoms with van der Waals surface area (Å²) < 4.78 is 0. The van der Waals surface area contributed by atoms with Crippen LogP contribution in [0.1, 0.15) is 67.2 Å². The van der Waals surface area contributed by atoms with Crippen LogP contribution in [0, 0.1) is 5.41 Å². The van der Waals surface area contributed by atoms with Gasteiger partial charge in [-0.2, -0.15) is 0 Å². The van der Waals surface area contributed by atoms with Crippen LogP contribution in [0.2, 0.25) is 0 Å². The van der Waals surface area contributed by atoms with Crippen LogP contribution in [0.3, 0.4) is 0 Å². The van der Waals surface area contributed by atoms with Crippen molar-refractivity contribution in [2.45, 2.75) is 51.4 Å². The number of benzene rings is 3. The summed E-state index contributed by atoms with van der Waals surface area (Å²) in [5.74, 6) is -0.383. The fraction of sp³-hybridized carbons (Fsp3) is 0.400. The standard InChI is InChI=1S/C35H40N2O3/c38-30-15-16-32-28(23-30)9-4-10-31(26-7-2-1-3-8-26)34(32)27-11-13-29(14-12-27)37-22-19-35(25-37)17-5-20-36(21-6-18-35)24-33(39)40/h1-3,7-8,11-16,23,38H,4-6,9-10,17-22,24-25H2,(H,39,40). The Kier molecular flexibility index (Phi) is 7.66. The summed E-state index contributed by atoms with van der Waals surface area (Å²) in [6.45, 7) is 4.12. The number of hydrogen-bond donors (Lipinski definition) is 2. The quantitative estimate of drug-likeness (QED) is 0.374. The number of phenolic OH excluding ortho intramolecular Hbond substituents is 1. The number of fused-ring (bicyclic) bond motifs is 1. The summed E-state index contributed by atoms with van der Waals surface area (Å²) in [5.41, 5.74) is 9.26. The maximum Gasteiger partial charge on any atom is 0.317 e. The molecule has 2 heterocycles. The molecule has 1 spiro atoms. The topological polar surface area (TPSA) is 64.0 Å². The fourth-order valence-electron chi connectivity index (χ4n) is 7.38. The molecule has 3 aromatic rings. The molecule has 5 nitrogen and oxygen atoms in total. The molecule has 6 rings (SSSR count). The van der Waals surface area contributed by atoms with Crippen LogP contribution < -0.4 is 4.90 Å². The zero-order valence-electron chi connectivity index (χ0n) is 23.3. The number of allylic oxidation sites excluding steroid dienone is 1. The molecular formula is C35H40N2O3. The molecule has 2 N–H and O–H groups in total. The number of nitrogens with zero attached hydrogens (tertiary/aromatic N) is 2. The smallest absolute Gasteiger partial charge is 0.317 e. The van der Waals surface area contributed by atoms with E-state index in [1.54, 1.807) is 0 Å². The van der Waals surface area contributed by atoms with Crippen molar-refractivity contribution in [3.8, 4) is 5.75 Å². The van der Waals surface area contributed by atoms with Gasteiger partial charge in [-0.3, -0.25) is 9.69 Å². The van der Waals surface area contributed by atoms with Gasteiger partial charge in [0.1, 0.15) is 5.75 Å². The van der Waals surface area contributed by atoms with Crippen LogP contribution in [0.15, 0.2) is 72.8 Å². The third-order valence-corrected chi connectivity index (χ3v) is 9.34. The van der Waals surface area contributed by atoms with E-state index in [4.69, 9.17) is 0 Å². The monoisotopic (exact) mass is 536 g/mol. The third-order valence-electron chi connectivity index (χ3n) is 9.34. The highest BCUT2D eigenvalue weighted by molar-refractivity contribution is 6.00. The average molecular weight is 537 g/mol. The van der Waals surface area contributed by atoms with Crippen molar-refractivity contribution >= 4 is 22.8 Å². The van der Waals surface area contributed by atoms with Crippen LogP contribution in [-0.2, 0) is 11.2 Å². The number of likely N-dealkylation sites (tertiary alicyclic amines) is 1. The fourth-order valence-corrected chi connectivity index (χ4v) is 7.38. The van der Waals surface area contributed by atoms with E-state index in [0.717, 1.165) is 58.3 Å². The van der Waals surface area contributed by atoms with Gasteiger partial charge in [0.2, 0.25) is 0 Å². The van der Waals surface area contributed by atoms with Crippen LogP contribution in [-0.4, -0.2) is 53.8 Å². The number of carboxylic acid groups (broad SMARTS) is 1. The van der Waals surface area contributed by atoms with E-state index in [1.807, 2.05) is 12.1 Å². The second-order valence-corrected chi connectivity index (χ2v) is 12.0. The first-order chi connectivity index (χ1) is 19.5. The van der Waals surface area contributed by atoms with E-state index in [-0.39, 0.29) is 6.54 Å². The zero-order valence-corrected chi connectivity index (χ0v) is 23.3. The number of carboxylic acids is 1. The number of rotatable bonds is 5. The number of aromatic hydroxyl groups is 1. The molecule has 0 radical (unpaired) electrons. The van der Waals surface area contributed by atoms with Crippen LogP contribution >= 0.6 is 0 Å². The lowest BCUT2D eigenvalue weighted by Gasteiger charge is -2.34.